The molecule has 0 aliphatic heterocycles. The van der Waals surface area contributed by atoms with E-state index in [1.54, 1.807) is 0 Å². The van der Waals surface area contributed by atoms with E-state index < -0.39 is 5.60 Å². The maximum atomic E-state index is 9.59. The van der Waals surface area contributed by atoms with E-state index >= 15 is 0 Å². The highest BCUT2D eigenvalue weighted by molar-refractivity contribution is 4.74. The van der Waals surface area contributed by atoms with Crippen molar-refractivity contribution in [1.82, 2.24) is 5.32 Å². The molecule has 86 valence electrons. The van der Waals surface area contributed by atoms with Crippen LogP contribution in [0.2, 0.25) is 0 Å². The van der Waals surface area contributed by atoms with Crippen molar-refractivity contribution < 1.29 is 5.11 Å². The predicted molar refractivity (Wildman–Crippen MR) is 62.5 cm³/mol. The van der Waals surface area contributed by atoms with Crippen LogP contribution in [-0.4, -0.2) is 23.3 Å². The highest BCUT2D eigenvalue weighted by Crippen LogP contribution is 2.12. The van der Waals surface area contributed by atoms with Crippen molar-refractivity contribution in [3.05, 3.63) is 0 Å². The Morgan fingerprint density at radius 3 is 2.14 bits per heavy atom. The third-order valence-electron chi connectivity index (χ3n) is 2.70. The van der Waals surface area contributed by atoms with Crippen LogP contribution < -0.4 is 5.32 Å². The predicted octanol–water partition coefficient (Wildman–Crippen LogP) is 2.56. The summed E-state index contributed by atoms with van der Waals surface area (Å²) in [7, 11) is 0. The Hall–Kier alpha value is -0.0800. The van der Waals surface area contributed by atoms with Gasteiger partial charge in [-0.25, -0.2) is 0 Å². The minimum absolute atomic E-state index is 0.552. The Balaban J connectivity index is 3.80. The van der Waals surface area contributed by atoms with Crippen LogP contribution in [0.3, 0.4) is 0 Å². The molecule has 2 N–H and O–H groups in total. The first-order valence-electron chi connectivity index (χ1n) is 5.84. The van der Waals surface area contributed by atoms with Gasteiger partial charge in [-0.05, 0) is 32.6 Å². The third kappa shape index (κ3) is 7.34. The van der Waals surface area contributed by atoms with Crippen molar-refractivity contribution in [3.63, 3.8) is 0 Å². The maximum Gasteiger partial charge on any atom is 0.0715 e. The Bertz CT molecular complexity index is 140. The van der Waals surface area contributed by atoms with Gasteiger partial charge in [0.1, 0.15) is 0 Å². The first-order chi connectivity index (χ1) is 6.39. The van der Waals surface area contributed by atoms with Crippen molar-refractivity contribution >= 4 is 0 Å². The maximum absolute atomic E-state index is 9.59. The highest BCUT2D eigenvalue weighted by atomic mass is 16.3. The molecule has 0 bridgehead atoms. The smallest absolute Gasteiger partial charge is 0.0715 e. The number of aliphatic hydroxyl groups is 1. The molecule has 2 heteroatoms. The number of rotatable bonds is 7. The first kappa shape index (κ1) is 13.9. The quantitative estimate of drug-likeness (QED) is 0.663. The van der Waals surface area contributed by atoms with Gasteiger partial charge in [-0.3, -0.25) is 0 Å². The molecule has 0 spiro atoms. The Morgan fingerprint density at radius 1 is 1.21 bits per heavy atom. The summed E-state index contributed by atoms with van der Waals surface area (Å²) in [6.07, 6.45) is 3.59. The van der Waals surface area contributed by atoms with Gasteiger partial charge in [-0.2, -0.15) is 0 Å². The molecule has 0 aromatic rings. The standard InChI is InChI=1S/C12H27NO/c1-6-10(3)8-11(7-2)13-9-12(4,5)14/h10-11,13-14H,6-9H2,1-5H3/t10-,11+/m0/s1. The lowest BCUT2D eigenvalue weighted by Gasteiger charge is -2.25. The highest BCUT2D eigenvalue weighted by Gasteiger charge is 2.16. The van der Waals surface area contributed by atoms with Crippen LogP contribution in [-0.2, 0) is 0 Å². The van der Waals surface area contributed by atoms with Gasteiger partial charge in [0.25, 0.3) is 0 Å². The molecule has 0 saturated heterocycles. The van der Waals surface area contributed by atoms with Gasteiger partial charge in [0.2, 0.25) is 0 Å². The van der Waals surface area contributed by atoms with Crippen molar-refractivity contribution in [1.29, 1.82) is 0 Å². The van der Waals surface area contributed by atoms with E-state index in [1.807, 2.05) is 13.8 Å². The molecule has 2 nitrogen and oxygen atoms in total. The summed E-state index contributed by atoms with van der Waals surface area (Å²) in [6, 6.07) is 0.552. The van der Waals surface area contributed by atoms with Crippen LogP contribution in [0.1, 0.15) is 53.9 Å². The fourth-order valence-electron chi connectivity index (χ4n) is 1.44. The minimum Gasteiger partial charge on any atom is -0.389 e. The molecule has 0 radical (unpaired) electrons. The second-order valence-electron chi connectivity index (χ2n) is 5.05. The summed E-state index contributed by atoms with van der Waals surface area (Å²) in [5, 5.41) is 13.0. The zero-order valence-electron chi connectivity index (χ0n) is 10.4. The molecule has 0 aliphatic carbocycles. The van der Waals surface area contributed by atoms with E-state index in [0.717, 1.165) is 12.3 Å². The summed E-state index contributed by atoms with van der Waals surface area (Å²) in [5.74, 6) is 0.772. The molecule has 14 heavy (non-hydrogen) atoms. The van der Waals surface area contributed by atoms with E-state index in [2.05, 4.69) is 26.1 Å². The second-order valence-corrected chi connectivity index (χ2v) is 5.05. The molecule has 0 unspecified atom stereocenters. The van der Waals surface area contributed by atoms with E-state index in [0.29, 0.717) is 12.6 Å². The third-order valence-corrected chi connectivity index (χ3v) is 2.70. The van der Waals surface area contributed by atoms with E-state index in [1.165, 1.54) is 12.8 Å². The average molecular weight is 201 g/mol. The number of nitrogens with one attached hydrogen (secondary N) is 1. The first-order valence-corrected chi connectivity index (χ1v) is 5.84. The normalized spacial score (nSPS) is 16.7. The lowest BCUT2D eigenvalue weighted by molar-refractivity contribution is 0.0750. The molecule has 0 aromatic carbocycles. The lowest BCUT2D eigenvalue weighted by atomic mass is 9.97. The van der Waals surface area contributed by atoms with Crippen LogP contribution >= 0.6 is 0 Å². The largest absolute Gasteiger partial charge is 0.389 e. The Morgan fingerprint density at radius 2 is 1.79 bits per heavy atom. The van der Waals surface area contributed by atoms with Gasteiger partial charge in [0.15, 0.2) is 0 Å². The van der Waals surface area contributed by atoms with Crippen molar-refractivity contribution in [2.75, 3.05) is 6.54 Å². The van der Waals surface area contributed by atoms with Crippen LogP contribution in [0.15, 0.2) is 0 Å². The summed E-state index contributed by atoms with van der Waals surface area (Å²) in [6.45, 7) is 11.1. The summed E-state index contributed by atoms with van der Waals surface area (Å²) in [4.78, 5) is 0. The van der Waals surface area contributed by atoms with Crippen LogP contribution in [0.25, 0.3) is 0 Å². The number of hydrogen-bond donors (Lipinski definition) is 2. The van der Waals surface area contributed by atoms with Gasteiger partial charge in [-0.1, -0.05) is 27.2 Å². The summed E-state index contributed by atoms with van der Waals surface area (Å²) >= 11 is 0. The minimum atomic E-state index is -0.594. The van der Waals surface area contributed by atoms with E-state index in [9.17, 15) is 5.11 Å². The Labute approximate surface area is 89.1 Å². The summed E-state index contributed by atoms with van der Waals surface area (Å²) in [5.41, 5.74) is -0.594. The van der Waals surface area contributed by atoms with Crippen molar-refractivity contribution in [2.45, 2.75) is 65.5 Å². The van der Waals surface area contributed by atoms with Crippen molar-refractivity contribution in [2.24, 2.45) is 5.92 Å². The van der Waals surface area contributed by atoms with Crippen LogP contribution in [0.5, 0.6) is 0 Å². The molecule has 0 heterocycles. The zero-order chi connectivity index (χ0) is 11.2. The van der Waals surface area contributed by atoms with E-state index in [4.69, 9.17) is 0 Å². The fraction of sp³-hybridized carbons (Fsp3) is 1.00. The molecule has 0 saturated carbocycles. The second kappa shape index (κ2) is 6.41. The number of hydrogen-bond acceptors (Lipinski definition) is 2. The van der Waals surface area contributed by atoms with Crippen LogP contribution in [0, 0.1) is 5.92 Å². The molecular formula is C12H27NO. The van der Waals surface area contributed by atoms with Gasteiger partial charge in [-0.15, -0.1) is 0 Å². The fourth-order valence-corrected chi connectivity index (χ4v) is 1.44. The summed E-state index contributed by atoms with van der Waals surface area (Å²) < 4.78 is 0. The monoisotopic (exact) mass is 201 g/mol. The molecule has 0 fully saturated rings. The molecule has 0 amide bonds. The van der Waals surface area contributed by atoms with Gasteiger partial charge in [0.05, 0.1) is 5.60 Å². The molecule has 0 aliphatic rings. The molecule has 2 atom stereocenters. The molecule has 0 rings (SSSR count). The Kier molecular flexibility index (Phi) is 6.38. The van der Waals surface area contributed by atoms with Crippen LogP contribution in [0.4, 0.5) is 0 Å². The molecular weight excluding hydrogens is 174 g/mol. The van der Waals surface area contributed by atoms with Gasteiger partial charge in [0, 0.05) is 12.6 Å². The SMILES string of the molecule is CC[C@H](C)C[C@@H](CC)NCC(C)(C)O. The lowest BCUT2D eigenvalue weighted by Crippen LogP contribution is -2.41. The molecule has 0 aromatic heterocycles. The van der Waals surface area contributed by atoms with Gasteiger partial charge >= 0.3 is 0 Å². The van der Waals surface area contributed by atoms with Crippen molar-refractivity contribution in [3.8, 4) is 0 Å². The van der Waals surface area contributed by atoms with Gasteiger partial charge < -0.3 is 10.4 Å². The topological polar surface area (TPSA) is 32.3 Å². The zero-order valence-corrected chi connectivity index (χ0v) is 10.4. The van der Waals surface area contributed by atoms with E-state index in [-0.39, 0.29) is 0 Å². The average Bonchev–Trinajstić information content (AvgIpc) is 2.10.